The van der Waals surface area contributed by atoms with E-state index < -0.39 is 9.84 Å². The van der Waals surface area contributed by atoms with Crippen molar-refractivity contribution in [1.82, 2.24) is 10.2 Å². The Hall–Kier alpha value is -3.47. The molecule has 0 fully saturated rings. The molecule has 0 spiro atoms. The lowest BCUT2D eigenvalue weighted by Gasteiger charge is -2.40. The molecule has 0 saturated heterocycles. The minimum Gasteiger partial charge on any atom is -0.348 e. The first-order valence-electron chi connectivity index (χ1n) is 12.7. The monoisotopic (exact) mass is 515 g/mol. The average Bonchev–Trinajstić information content (AvgIpc) is 2.91. The molecule has 3 aromatic carbocycles. The number of nitriles is 1. The van der Waals surface area contributed by atoms with Gasteiger partial charge in [-0.05, 0) is 71.0 Å². The van der Waals surface area contributed by atoms with E-state index in [1.807, 2.05) is 36.4 Å². The van der Waals surface area contributed by atoms with Crippen molar-refractivity contribution < 1.29 is 13.2 Å². The van der Waals surface area contributed by atoms with E-state index in [-0.39, 0.29) is 17.7 Å². The van der Waals surface area contributed by atoms with Gasteiger partial charge in [0.15, 0.2) is 9.84 Å². The molecule has 37 heavy (non-hydrogen) atoms. The summed E-state index contributed by atoms with van der Waals surface area (Å²) in [5, 5.41) is 12.0. The number of rotatable bonds is 8. The predicted octanol–water partition coefficient (Wildman–Crippen LogP) is 5.04. The molecule has 0 unspecified atom stereocenters. The van der Waals surface area contributed by atoms with Gasteiger partial charge in [-0.2, -0.15) is 5.26 Å². The summed E-state index contributed by atoms with van der Waals surface area (Å²) in [4.78, 5) is 15.7. The van der Waals surface area contributed by atoms with Gasteiger partial charge < -0.3 is 5.32 Å². The molecule has 6 nitrogen and oxygen atoms in total. The number of fused-ring (bicyclic) bond motifs is 1. The van der Waals surface area contributed by atoms with Crippen LogP contribution in [0.3, 0.4) is 0 Å². The first-order chi connectivity index (χ1) is 17.7. The maximum atomic E-state index is 12.9. The Morgan fingerprint density at radius 2 is 1.73 bits per heavy atom. The van der Waals surface area contributed by atoms with E-state index in [0.717, 1.165) is 25.1 Å². The van der Waals surface area contributed by atoms with Crippen LogP contribution in [-0.4, -0.2) is 31.5 Å². The van der Waals surface area contributed by atoms with Crippen molar-refractivity contribution in [3.63, 3.8) is 0 Å². The standard InChI is InChI=1S/C30H33N3O3S/c1-4-37(35,36)27-12-9-23(10-13-27)19-32-30(34)26-11-14-28-25(17-26)15-16-33(29(28)21(2)3)20-24-7-5-22(18-31)6-8-24/h5-14,17,21,29H,4,15-16,19-20H2,1-3H3,(H,32,34)/t29-/m1/s1. The third-order valence-corrected chi connectivity index (χ3v) is 8.75. The van der Waals surface area contributed by atoms with E-state index in [1.54, 1.807) is 31.2 Å². The highest BCUT2D eigenvalue weighted by molar-refractivity contribution is 7.91. The Bertz CT molecular complexity index is 1410. The topological polar surface area (TPSA) is 90.3 Å². The van der Waals surface area contributed by atoms with Crippen molar-refractivity contribution >= 4 is 15.7 Å². The fourth-order valence-electron chi connectivity index (χ4n) is 4.99. The molecule has 1 N–H and O–H groups in total. The summed E-state index contributed by atoms with van der Waals surface area (Å²) in [7, 11) is -3.24. The molecule has 1 heterocycles. The van der Waals surface area contributed by atoms with Gasteiger partial charge in [0.1, 0.15) is 0 Å². The van der Waals surface area contributed by atoms with Gasteiger partial charge in [0, 0.05) is 31.2 Å². The molecule has 0 aromatic heterocycles. The fraction of sp³-hybridized carbons (Fsp3) is 0.333. The average molecular weight is 516 g/mol. The molecule has 3 aromatic rings. The largest absolute Gasteiger partial charge is 0.348 e. The van der Waals surface area contributed by atoms with Crippen LogP contribution in [0.2, 0.25) is 0 Å². The van der Waals surface area contributed by atoms with Crippen molar-refractivity contribution in [2.75, 3.05) is 12.3 Å². The van der Waals surface area contributed by atoms with Gasteiger partial charge in [-0.15, -0.1) is 0 Å². The first-order valence-corrected chi connectivity index (χ1v) is 14.3. The highest BCUT2D eigenvalue weighted by atomic mass is 32.2. The highest BCUT2D eigenvalue weighted by Gasteiger charge is 2.30. The number of hydrogen-bond donors (Lipinski definition) is 1. The molecule has 1 aliphatic rings. The number of benzene rings is 3. The number of nitrogens with one attached hydrogen (secondary N) is 1. The van der Waals surface area contributed by atoms with Crippen molar-refractivity contribution in [3.05, 3.63) is 100 Å². The number of hydrogen-bond acceptors (Lipinski definition) is 5. The maximum absolute atomic E-state index is 12.9. The molecule has 1 aliphatic heterocycles. The van der Waals surface area contributed by atoms with E-state index in [0.29, 0.717) is 28.5 Å². The predicted molar refractivity (Wildman–Crippen MR) is 145 cm³/mol. The molecule has 0 bridgehead atoms. The number of nitrogens with zero attached hydrogens (tertiary/aromatic N) is 2. The van der Waals surface area contributed by atoms with Crippen molar-refractivity contribution in [2.24, 2.45) is 5.92 Å². The van der Waals surface area contributed by atoms with Gasteiger partial charge in [0.25, 0.3) is 5.91 Å². The van der Waals surface area contributed by atoms with Crippen LogP contribution in [0.4, 0.5) is 0 Å². The molecule has 0 saturated carbocycles. The zero-order valence-corrected chi connectivity index (χ0v) is 22.4. The Balaban J connectivity index is 1.45. The summed E-state index contributed by atoms with van der Waals surface area (Å²) < 4.78 is 24.0. The molecule has 0 radical (unpaired) electrons. The first kappa shape index (κ1) is 26.6. The van der Waals surface area contributed by atoms with Crippen LogP contribution >= 0.6 is 0 Å². The molecule has 7 heteroatoms. The maximum Gasteiger partial charge on any atom is 0.251 e. The third-order valence-electron chi connectivity index (χ3n) is 7.00. The Labute approximate surface area is 219 Å². The second-order valence-electron chi connectivity index (χ2n) is 9.86. The summed E-state index contributed by atoms with van der Waals surface area (Å²) in [6.07, 6.45) is 0.864. The zero-order chi connectivity index (χ0) is 26.6. The molecule has 1 atom stereocenters. The van der Waals surface area contributed by atoms with E-state index >= 15 is 0 Å². The van der Waals surface area contributed by atoms with Crippen LogP contribution in [0.1, 0.15) is 65.0 Å². The number of amides is 1. The van der Waals surface area contributed by atoms with Gasteiger partial charge in [0.05, 0.1) is 22.3 Å². The van der Waals surface area contributed by atoms with E-state index in [1.165, 1.54) is 16.7 Å². The summed E-state index contributed by atoms with van der Waals surface area (Å²) in [6.45, 7) is 8.11. The zero-order valence-electron chi connectivity index (χ0n) is 21.6. The molecule has 192 valence electrons. The van der Waals surface area contributed by atoms with Crippen LogP contribution in [0, 0.1) is 17.2 Å². The lowest BCUT2D eigenvalue weighted by molar-refractivity contribution is 0.0950. The SMILES string of the molecule is CCS(=O)(=O)c1ccc(CNC(=O)c2ccc3c(c2)CCN(Cc2ccc(C#N)cc2)[C@@H]3C(C)C)cc1. The summed E-state index contributed by atoms with van der Waals surface area (Å²) >= 11 is 0. The Morgan fingerprint density at radius 1 is 1.05 bits per heavy atom. The van der Waals surface area contributed by atoms with E-state index in [4.69, 9.17) is 5.26 Å². The minimum atomic E-state index is -3.24. The lowest BCUT2D eigenvalue weighted by atomic mass is 9.85. The van der Waals surface area contributed by atoms with Gasteiger partial charge in [0.2, 0.25) is 0 Å². The van der Waals surface area contributed by atoms with Gasteiger partial charge >= 0.3 is 0 Å². The van der Waals surface area contributed by atoms with Gasteiger partial charge in [-0.25, -0.2) is 8.42 Å². The highest BCUT2D eigenvalue weighted by Crippen LogP contribution is 2.36. The smallest absolute Gasteiger partial charge is 0.251 e. The lowest BCUT2D eigenvalue weighted by Crippen LogP contribution is -2.38. The van der Waals surface area contributed by atoms with Crippen LogP contribution in [0.15, 0.2) is 71.6 Å². The van der Waals surface area contributed by atoms with Crippen molar-refractivity contribution in [1.29, 1.82) is 5.26 Å². The Morgan fingerprint density at radius 3 is 2.35 bits per heavy atom. The summed E-state index contributed by atoms with van der Waals surface area (Å²) in [6, 6.07) is 22.9. The summed E-state index contributed by atoms with van der Waals surface area (Å²) in [5.74, 6) is 0.317. The Kier molecular flexibility index (Phi) is 8.11. The van der Waals surface area contributed by atoms with Gasteiger partial charge in [-0.1, -0.05) is 51.1 Å². The van der Waals surface area contributed by atoms with Crippen LogP contribution in [0.25, 0.3) is 0 Å². The number of sulfone groups is 1. The third kappa shape index (κ3) is 6.10. The summed E-state index contributed by atoms with van der Waals surface area (Å²) in [5.41, 5.74) is 5.80. The van der Waals surface area contributed by atoms with Crippen LogP contribution in [-0.2, 0) is 29.3 Å². The number of carbonyl (C=O) groups is 1. The molecule has 1 amide bonds. The fourth-order valence-corrected chi connectivity index (χ4v) is 5.88. The van der Waals surface area contributed by atoms with Gasteiger partial charge in [-0.3, -0.25) is 9.69 Å². The molecule has 0 aliphatic carbocycles. The van der Waals surface area contributed by atoms with Crippen LogP contribution in [0.5, 0.6) is 0 Å². The van der Waals surface area contributed by atoms with E-state index in [9.17, 15) is 13.2 Å². The van der Waals surface area contributed by atoms with Crippen molar-refractivity contribution in [2.45, 2.75) is 51.2 Å². The molecular formula is C30H33N3O3S. The second kappa shape index (κ2) is 11.3. The van der Waals surface area contributed by atoms with Crippen LogP contribution < -0.4 is 5.32 Å². The van der Waals surface area contributed by atoms with E-state index in [2.05, 4.69) is 36.2 Å². The molecule has 4 rings (SSSR count). The normalized spacial score (nSPS) is 15.7. The molecular weight excluding hydrogens is 482 g/mol. The second-order valence-corrected chi connectivity index (χ2v) is 12.1. The number of carbonyl (C=O) groups excluding carboxylic acids is 1. The van der Waals surface area contributed by atoms with Crippen molar-refractivity contribution in [3.8, 4) is 6.07 Å². The quantitative estimate of drug-likeness (QED) is 0.454. The minimum absolute atomic E-state index is 0.0618.